The molecule has 1 amide bonds. The molecule has 1 N–H and O–H groups in total. The Morgan fingerprint density at radius 3 is 2.63 bits per heavy atom. The fourth-order valence-electron chi connectivity index (χ4n) is 1.80. The van der Waals surface area contributed by atoms with Gasteiger partial charge in [0.2, 0.25) is 0 Å². The summed E-state index contributed by atoms with van der Waals surface area (Å²) in [5.41, 5.74) is 0.282. The highest BCUT2D eigenvalue weighted by molar-refractivity contribution is 6.17. The fourth-order valence-corrected chi connectivity index (χ4v) is 1.92. The number of aromatic hydroxyl groups is 1. The largest absolute Gasteiger partial charge is 0.507 e. The molecule has 1 rings (SSSR count). The number of phenols is 1. The number of methoxy groups -OCH3 is 1. The summed E-state index contributed by atoms with van der Waals surface area (Å²) in [5.74, 6) is 0.762. The molecule has 1 aromatic rings. The summed E-state index contributed by atoms with van der Waals surface area (Å²) >= 11 is 5.67. The van der Waals surface area contributed by atoms with Crippen molar-refractivity contribution in [2.75, 3.05) is 19.5 Å². The lowest BCUT2D eigenvalue weighted by Crippen LogP contribution is -2.37. The van der Waals surface area contributed by atoms with Gasteiger partial charge in [0.25, 0.3) is 5.91 Å². The van der Waals surface area contributed by atoms with Crippen molar-refractivity contribution in [3.63, 3.8) is 0 Å². The number of nitrogens with zero attached hydrogens (tertiary/aromatic N) is 1. The minimum absolute atomic E-state index is 0.0530. The molecule has 0 atom stereocenters. The van der Waals surface area contributed by atoms with Crippen molar-refractivity contribution in [2.45, 2.75) is 26.3 Å². The van der Waals surface area contributed by atoms with Gasteiger partial charge in [-0.2, -0.15) is 0 Å². The van der Waals surface area contributed by atoms with Crippen LogP contribution in [0.5, 0.6) is 11.5 Å². The van der Waals surface area contributed by atoms with Crippen molar-refractivity contribution in [1.29, 1.82) is 0 Å². The highest BCUT2D eigenvalue weighted by Gasteiger charge is 2.21. The first-order valence-corrected chi connectivity index (χ1v) is 6.78. The molecule has 0 bridgehead atoms. The molecule has 1 aromatic carbocycles. The molecule has 19 heavy (non-hydrogen) atoms. The molecule has 106 valence electrons. The molecule has 0 heterocycles. The molecule has 0 aliphatic heterocycles. The molecule has 4 nitrogen and oxygen atoms in total. The predicted octanol–water partition coefficient (Wildman–Crippen LogP) is 2.88. The number of hydrogen-bond donors (Lipinski definition) is 1. The average molecular weight is 286 g/mol. The quantitative estimate of drug-likeness (QED) is 0.818. The molecule has 5 heteroatoms. The van der Waals surface area contributed by atoms with E-state index in [1.54, 1.807) is 17.0 Å². The van der Waals surface area contributed by atoms with Crippen LogP contribution >= 0.6 is 11.6 Å². The molecule has 0 spiro atoms. The van der Waals surface area contributed by atoms with Gasteiger partial charge in [0, 0.05) is 24.5 Å². The van der Waals surface area contributed by atoms with Crippen LogP contribution in [0.1, 0.15) is 30.6 Å². The van der Waals surface area contributed by atoms with E-state index in [2.05, 4.69) is 0 Å². The number of ether oxygens (including phenoxy) is 1. The summed E-state index contributed by atoms with van der Waals surface area (Å²) in [4.78, 5) is 14.1. The molecule has 0 saturated carbocycles. The predicted molar refractivity (Wildman–Crippen MR) is 76.2 cm³/mol. The van der Waals surface area contributed by atoms with E-state index in [-0.39, 0.29) is 23.3 Å². The van der Waals surface area contributed by atoms with Crippen LogP contribution in [0, 0.1) is 0 Å². The standard InChI is InChI=1S/C14H20ClNO3/c1-10(2)16(8-4-7-15)14(18)12-6-5-11(19-3)9-13(12)17/h5-6,9-10,17H,4,7-8H2,1-3H3. The van der Waals surface area contributed by atoms with Gasteiger partial charge in [0.05, 0.1) is 12.7 Å². The van der Waals surface area contributed by atoms with Crippen molar-refractivity contribution in [3.8, 4) is 11.5 Å². The molecule has 0 fully saturated rings. The van der Waals surface area contributed by atoms with Crippen LogP contribution in [0.3, 0.4) is 0 Å². The second kappa shape index (κ2) is 7.24. The maximum absolute atomic E-state index is 12.4. The van der Waals surface area contributed by atoms with Crippen LogP contribution in [0.15, 0.2) is 18.2 Å². The highest BCUT2D eigenvalue weighted by atomic mass is 35.5. The number of hydrogen-bond acceptors (Lipinski definition) is 3. The van der Waals surface area contributed by atoms with Crippen LogP contribution < -0.4 is 4.74 Å². The van der Waals surface area contributed by atoms with Crippen molar-refractivity contribution in [2.24, 2.45) is 0 Å². The second-order valence-corrected chi connectivity index (χ2v) is 4.90. The monoisotopic (exact) mass is 285 g/mol. The molecule has 0 saturated heterocycles. The van der Waals surface area contributed by atoms with Gasteiger partial charge in [-0.1, -0.05) is 0 Å². The maximum atomic E-state index is 12.4. The van der Waals surface area contributed by atoms with Gasteiger partial charge in [0.15, 0.2) is 0 Å². The second-order valence-electron chi connectivity index (χ2n) is 4.52. The average Bonchev–Trinajstić information content (AvgIpc) is 2.38. The van der Waals surface area contributed by atoms with Crippen molar-refractivity contribution >= 4 is 17.5 Å². The lowest BCUT2D eigenvalue weighted by Gasteiger charge is -2.27. The van der Waals surface area contributed by atoms with E-state index in [0.717, 1.165) is 6.42 Å². The third-order valence-corrected chi connectivity index (χ3v) is 3.12. The summed E-state index contributed by atoms with van der Waals surface area (Å²) in [6.07, 6.45) is 0.725. The Bertz CT molecular complexity index is 435. The number of carbonyl (C=O) groups is 1. The highest BCUT2D eigenvalue weighted by Crippen LogP contribution is 2.25. The molecule has 0 unspecified atom stereocenters. The smallest absolute Gasteiger partial charge is 0.257 e. The zero-order chi connectivity index (χ0) is 14.4. The maximum Gasteiger partial charge on any atom is 0.257 e. The van der Waals surface area contributed by atoms with Gasteiger partial charge in [-0.25, -0.2) is 0 Å². The van der Waals surface area contributed by atoms with Gasteiger partial charge in [0.1, 0.15) is 11.5 Å². The Hall–Kier alpha value is -1.42. The van der Waals surface area contributed by atoms with E-state index >= 15 is 0 Å². The number of amides is 1. The Morgan fingerprint density at radius 1 is 1.47 bits per heavy atom. The van der Waals surface area contributed by atoms with Crippen LogP contribution in [0.25, 0.3) is 0 Å². The first-order chi connectivity index (χ1) is 9.01. The van der Waals surface area contributed by atoms with Crippen LogP contribution in [-0.4, -0.2) is 41.5 Å². The summed E-state index contributed by atoms with van der Waals surface area (Å²) in [5, 5.41) is 9.90. The van der Waals surface area contributed by atoms with E-state index in [1.807, 2.05) is 13.8 Å². The molecule has 0 aliphatic carbocycles. The lowest BCUT2D eigenvalue weighted by molar-refractivity contribution is 0.0703. The Labute approximate surface area is 118 Å². The Kier molecular flexibility index (Phi) is 5.96. The molecular formula is C14H20ClNO3. The molecule has 0 aromatic heterocycles. The fraction of sp³-hybridized carbons (Fsp3) is 0.500. The summed E-state index contributed by atoms with van der Waals surface area (Å²) in [6, 6.07) is 4.73. The first kappa shape index (κ1) is 15.6. The van der Waals surface area contributed by atoms with Gasteiger partial charge < -0.3 is 14.7 Å². The first-order valence-electron chi connectivity index (χ1n) is 6.25. The minimum Gasteiger partial charge on any atom is -0.507 e. The summed E-state index contributed by atoms with van der Waals surface area (Å²) in [6.45, 7) is 4.45. The summed E-state index contributed by atoms with van der Waals surface area (Å²) < 4.78 is 5.00. The third-order valence-electron chi connectivity index (χ3n) is 2.85. The number of phenolic OH excluding ortho intramolecular Hbond substituents is 1. The van der Waals surface area contributed by atoms with E-state index in [0.29, 0.717) is 18.2 Å². The van der Waals surface area contributed by atoms with E-state index in [4.69, 9.17) is 16.3 Å². The normalized spacial score (nSPS) is 10.6. The summed E-state index contributed by atoms with van der Waals surface area (Å²) in [7, 11) is 1.51. The SMILES string of the molecule is COc1ccc(C(=O)N(CCCCl)C(C)C)c(O)c1. The van der Waals surface area contributed by atoms with Crippen LogP contribution in [0.4, 0.5) is 0 Å². The molecule has 0 aliphatic rings. The Balaban J connectivity index is 2.96. The van der Waals surface area contributed by atoms with Crippen molar-refractivity contribution < 1.29 is 14.6 Å². The third kappa shape index (κ3) is 4.03. The number of rotatable bonds is 6. The van der Waals surface area contributed by atoms with Gasteiger partial charge in [-0.3, -0.25) is 4.79 Å². The number of benzene rings is 1. The van der Waals surface area contributed by atoms with E-state index in [1.165, 1.54) is 13.2 Å². The van der Waals surface area contributed by atoms with E-state index in [9.17, 15) is 9.90 Å². The minimum atomic E-state index is -0.194. The van der Waals surface area contributed by atoms with Gasteiger partial charge in [-0.05, 0) is 32.4 Å². The van der Waals surface area contributed by atoms with Crippen LogP contribution in [-0.2, 0) is 0 Å². The van der Waals surface area contributed by atoms with Crippen molar-refractivity contribution in [3.05, 3.63) is 23.8 Å². The number of halogens is 1. The van der Waals surface area contributed by atoms with Gasteiger partial charge >= 0.3 is 0 Å². The zero-order valence-corrected chi connectivity index (χ0v) is 12.3. The van der Waals surface area contributed by atoms with Gasteiger partial charge in [-0.15, -0.1) is 11.6 Å². The number of alkyl halides is 1. The topological polar surface area (TPSA) is 49.8 Å². The molecular weight excluding hydrogens is 266 g/mol. The van der Waals surface area contributed by atoms with Crippen LogP contribution in [0.2, 0.25) is 0 Å². The van der Waals surface area contributed by atoms with E-state index < -0.39 is 0 Å². The lowest BCUT2D eigenvalue weighted by atomic mass is 10.1. The van der Waals surface area contributed by atoms with Crippen molar-refractivity contribution in [1.82, 2.24) is 4.90 Å². The number of carbonyl (C=O) groups excluding carboxylic acids is 1. The zero-order valence-electron chi connectivity index (χ0n) is 11.5. The Morgan fingerprint density at radius 2 is 2.16 bits per heavy atom. The molecule has 0 radical (unpaired) electrons.